The fourth-order valence-corrected chi connectivity index (χ4v) is 2.48. The third-order valence-electron chi connectivity index (χ3n) is 2.76. The maximum absolute atomic E-state index is 13.5. The number of nitrogens with zero attached hydrogens (tertiary/aromatic N) is 2. The van der Waals surface area contributed by atoms with E-state index >= 15 is 0 Å². The second kappa shape index (κ2) is 6.58. The lowest BCUT2D eigenvalue weighted by Crippen LogP contribution is -2.23. The average molecular weight is 281 g/mol. The number of benzene rings is 1. The number of nitrogens with one attached hydrogen (secondary N) is 1. The highest BCUT2D eigenvalue weighted by molar-refractivity contribution is 7.05. The van der Waals surface area contributed by atoms with Gasteiger partial charge in [-0.05, 0) is 42.7 Å². The van der Waals surface area contributed by atoms with Gasteiger partial charge < -0.3 is 10.1 Å². The molecule has 1 N–H and O–H groups in total. The Kier molecular flexibility index (Phi) is 4.81. The topological polar surface area (TPSA) is 47.0 Å². The molecule has 0 bridgehead atoms. The lowest BCUT2D eigenvalue weighted by molar-refractivity contribution is 0.402. The Hall–Kier alpha value is -1.53. The first kappa shape index (κ1) is 13.9. The third-order valence-corrected chi connectivity index (χ3v) is 3.49. The molecule has 4 nitrogen and oxygen atoms in total. The zero-order valence-electron chi connectivity index (χ0n) is 10.9. The van der Waals surface area contributed by atoms with Crippen molar-refractivity contribution in [3.8, 4) is 5.75 Å². The Morgan fingerprint density at radius 1 is 1.47 bits per heavy atom. The third kappa shape index (κ3) is 3.27. The predicted molar refractivity (Wildman–Crippen MR) is 73.0 cm³/mol. The van der Waals surface area contributed by atoms with Crippen LogP contribution < -0.4 is 10.1 Å². The molecule has 0 amide bonds. The minimum Gasteiger partial charge on any atom is -0.496 e. The van der Waals surface area contributed by atoms with Crippen LogP contribution in [0.25, 0.3) is 0 Å². The minimum absolute atomic E-state index is 0.148. The van der Waals surface area contributed by atoms with Gasteiger partial charge in [-0.15, -0.1) is 5.10 Å². The standard InChI is InChI=1S/C13H16FN3OS/c1-3-6-15-13(12-8-16-17-19-12)10-7-9(14)4-5-11(10)18-2/h4-5,7-8,13,15H,3,6H2,1-2H3. The van der Waals surface area contributed by atoms with E-state index in [0.717, 1.165) is 23.4 Å². The Morgan fingerprint density at radius 2 is 2.32 bits per heavy atom. The van der Waals surface area contributed by atoms with Gasteiger partial charge in [0.2, 0.25) is 0 Å². The van der Waals surface area contributed by atoms with E-state index in [1.54, 1.807) is 19.4 Å². The van der Waals surface area contributed by atoms with Gasteiger partial charge in [-0.1, -0.05) is 11.4 Å². The van der Waals surface area contributed by atoms with E-state index in [4.69, 9.17) is 4.74 Å². The van der Waals surface area contributed by atoms with Gasteiger partial charge >= 0.3 is 0 Å². The van der Waals surface area contributed by atoms with Crippen LogP contribution in [-0.2, 0) is 0 Å². The van der Waals surface area contributed by atoms with E-state index in [-0.39, 0.29) is 11.9 Å². The molecule has 0 saturated heterocycles. The highest BCUT2D eigenvalue weighted by Crippen LogP contribution is 2.31. The van der Waals surface area contributed by atoms with Crippen LogP contribution in [0.5, 0.6) is 5.75 Å². The van der Waals surface area contributed by atoms with Crippen LogP contribution in [0, 0.1) is 5.82 Å². The first-order valence-corrected chi connectivity index (χ1v) is 6.87. The van der Waals surface area contributed by atoms with Crippen LogP contribution in [0.1, 0.15) is 29.8 Å². The Morgan fingerprint density at radius 3 is 2.95 bits per heavy atom. The van der Waals surface area contributed by atoms with Crippen molar-refractivity contribution in [1.82, 2.24) is 14.9 Å². The predicted octanol–water partition coefficient (Wildman–Crippen LogP) is 2.77. The van der Waals surface area contributed by atoms with Gasteiger partial charge in [0, 0.05) is 5.56 Å². The summed E-state index contributed by atoms with van der Waals surface area (Å²) < 4.78 is 22.7. The maximum Gasteiger partial charge on any atom is 0.124 e. The van der Waals surface area contributed by atoms with Crippen LogP contribution >= 0.6 is 11.5 Å². The largest absolute Gasteiger partial charge is 0.496 e. The van der Waals surface area contributed by atoms with Crippen molar-refractivity contribution >= 4 is 11.5 Å². The van der Waals surface area contributed by atoms with Crippen LogP contribution in [0.4, 0.5) is 4.39 Å². The first-order chi connectivity index (χ1) is 9.26. The highest BCUT2D eigenvalue weighted by Gasteiger charge is 2.20. The molecule has 6 heteroatoms. The summed E-state index contributed by atoms with van der Waals surface area (Å²) in [5.74, 6) is 0.375. The summed E-state index contributed by atoms with van der Waals surface area (Å²) in [5, 5.41) is 7.22. The Balaban J connectivity index is 2.39. The number of methoxy groups -OCH3 is 1. The minimum atomic E-state index is -0.281. The molecule has 19 heavy (non-hydrogen) atoms. The molecule has 0 aliphatic carbocycles. The van der Waals surface area contributed by atoms with Crippen LogP contribution in [0.3, 0.4) is 0 Å². The van der Waals surface area contributed by atoms with E-state index in [1.807, 2.05) is 0 Å². The summed E-state index contributed by atoms with van der Waals surface area (Å²) in [7, 11) is 1.58. The van der Waals surface area contributed by atoms with Crippen LogP contribution in [0.15, 0.2) is 24.4 Å². The molecule has 1 heterocycles. The van der Waals surface area contributed by atoms with Crippen LogP contribution in [-0.4, -0.2) is 23.2 Å². The molecule has 0 radical (unpaired) electrons. The van der Waals surface area contributed by atoms with E-state index in [9.17, 15) is 4.39 Å². The molecular formula is C13H16FN3OS. The fourth-order valence-electron chi connectivity index (χ4n) is 1.89. The monoisotopic (exact) mass is 281 g/mol. The van der Waals surface area contributed by atoms with Gasteiger partial charge in [0.05, 0.1) is 24.2 Å². The average Bonchev–Trinajstić information content (AvgIpc) is 2.93. The second-order valence-electron chi connectivity index (χ2n) is 4.09. The van der Waals surface area contributed by atoms with Crippen molar-refractivity contribution < 1.29 is 9.13 Å². The molecule has 0 fully saturated rings. The quantitative estimate of drug-likeness (QED) is 0.884. The molecule has 1 unspecified atom stereocenters. The normalized spacial score (nSPS) is 12.4. The highest BCUT2D eigenvalue weighted by atomic mass is 32.1. The molecule has 102 valence electrons. The second-order valence-corrected chi connectivity index (χ2v) is 4.91. The maximum atomic E-state index is 13.5. The SMILES string of the molecule is CCCNC(c1cnns1)c1cc(F)ccc1OC. The van der Waals surface area contributed by atoms with E-state index in [1.165, 1.54) is 23.7 Å². The first-order valence-electron chi connectivity index (χ1n) is 6.10. The number of aromatic nitrogens is 2. The molecule has 0 aliphatic heterocycles. The lowest BCUT2D eigenvalue weighted by atomic mass is 10.0. The van der Waals surface area contributed by atoms with Gasteiger partial charge in [-0.2, -0.15) is 0 Å². The molecule has 1 aromatic heterocycles. The zero-order valence-corrected chi connectivity index (χ0v) is 11.7. The molecule has 2 rings (SSSR count). The molecule has 1 aromatic carbocycles. The number of hydrogen-bond acceptors (Lipinski definition) is 5. The summed E-state index contributed by atoms with van der Waals surface area (Å²) in [5.41, 5.74) is 0.766. The summed E-state index contributed by atoms with van der Waals surface area (Å²) >= 11 is 1.30. The van der Waals surface area contributed by atoms with Crippen molar-refractivity contribution in [2.45, 2.75) is 19.4 Å². The van der Waals surface area contributed by atoms with Crippen molar-refractivity contribution in [2.75, 3.05) is 13.7 Å². The van der Waals surface area contributed by atoms with Crippen molar-refractivity contribution in [1.29, 1.82) is 0 Å². The zero-order chi connectivity index (χ0) is 13.7. The number of rotatable bonds is 6. The van der Waals surface area contributed by atoms with E-state index < -0.39 is 0 Å². The molecule has 2 aromatic rings. The summed E-state index contributed by atoms with van der Waals surface area (Å²) in [6, 6.07) is 4.38. The van der Waals surface area contributed by atoms with Crippen LogP contribution in [0.2, 0.25) is 0 Å². The van der Waals surface area contributed by atoms with Gasteiger partial charge in [-0.25, -0.2) is 4.39 Å². The smallest absolute Gasteiger partial charge is 0.124 e. The van der Waals surface area contributed by atoms with E-state index in [2.05, 4.69) is 21.8 Å². The number of ether oxygens (including phenoxy) is 1. The molecular weight excluding hydrogens is 265 g/mol. The van der Waals surface area contributed by atoms with E-state index in [0.29, 0.717) is 5.75 Å². The van der Waals surface area contributed by atoms with Gasteiger partial charge in [0.15, 0.2) is 0 Å². The van der Waals surface area contributed by atoms with Gasteiger partial charge in [-0.3, -0.25) is 0 Å². The van der Waals surface area contributed by atoms with Crippen molar-refractivity contribution in [2.24, 2.45) is 0 Å². The van der Waals surface area contributed by atoms with Crippen molar-refractivity contribution in [3.63, 3.8) is 0 Å². The van der Waals surface area contributed by atoms with Crippen molar-refractivity contribution in [3.05, 3.63) is 40.7 Å². The summed E-state index contributed by atoms with van der Waals surface area (Å²) in [4.78, 5) is 0.942. The molecule has 1 atom stereocenters. The Bertz CT molecular complexity index is 519. The molecule has 0 saturated carbocycles. The number of halogens is 1. The Labute approximate surface area is 115 Å². The van der Waals surface area contributed by atoms with Gasteiger partial charge in [0.25, 0.3) is 0 Å². The summed E-state index contributed by atoms with van der Waals surface area (Å²) in [6.07, 6.45) is 2.68. The summed E-state index contributed by atoms with van der Waals surface area (Å²) in [6.45, 7) is 2.90. The van der Waals surface area contributed by atoms with Gasteiger partial charge in [0.1, 0.15) is 11.6 Å². The fraction of sp³-hybridized carbons (Fsp3) is 0.385. The molecule has 0 spiro atoms. The molecule has 0 aliphatic rings. The number of hydrogen-bond donors (Lipinski definition) is 1. The lowest BCUT2D eigenvalue weighted by Gasteiger charge is -2.19.